The molecule has 1 aliphatic rings. The Morgan fingerprint density at radius 1 is 1.11 bits per heavy atom. The van der Waals surface area contributed by atoms with E-state index in [1.807, 2.05) is 17.0 Å². The van der Waals surface area contributed by atoms with Crippen LogP contribution in [0.2, 0.25) is 0 Å². The highest BCUT2D eigenvalue weighted by molar-refractivity contribution is 7.13. The van der Waals surface area contributed by atoms with Gasteiger partial charge in [0.05, 0.1) is 0 Å². The molecule has 0 aliphatic carbocycles. The van der Waals surface area contributed by atoms with Crippen molar-refractivity contribution in [1.29, 1.82) is 0 Å². The zero-order chi connectivity index (χ0) is 19.5. The number of carbonyl (C=O) groups excluding carboxylic acids is 1. The summed E-state index contributed by atoms with van der Waals surface area (Å²) >= 11 is 1.39. The Hall–Kier alpha value is -2.77. The van der Waals surface area contributed by atoms with Crippen LogP contribution >= 0.6 is 11.3 Å². The van der Waals surface area contributed by atoms with Gasteiger partial charge in [0, 0.05) is 43.7 Å². The van der Waals surface area contributed by atoms with Crippen LogP contribution in [-0.4, -0.2) is 52.0 Å². The van der Waals surface area contributed by atoms with Crippen LogP contribution in [0.25, 0.3) is 10.6 Å². The molecule has 1 aliphatic heterocycles. The van der Waals surface area contributed by atoms with Crippen molar-refractivity contribution >= 4 is 17.2 Å². The maximum atomic E-state index is 13.1. The number of nitrogens with zero attached hydrogens (tertiary/aromatic N) is 3. The Balaban J connectivity index is 1.36. The Labute approximate surface area is 166 Å². The summed E-state index contributed by atoms with van der Waals surface area (Å²) in [7, 11) is 0. The lowest BCUT2D eigenvalue weighted by Gasteiger charge is -2.34. The molecule has 144 valence electrons. The Morgan fingerprint density at radius 2 is 1.86 bits per heavy atom. The summed E-state index contributed by atoms with van der Waals surface area (Å²) in [5, 5.41) is 12.1. The van der Waals surface area contributed by atoms with E-state index < -0.39 is 0 Å². The first kappa shape index (κ1) is 18.6. The number of phenols is 1. The van der Waals surface area contributed by atoms with E-state index in [2.05, 4.69) is 9.88 Å². The van der Waals surface area contributed by atoms with Crippen LogP contribution in [0.15, 0.2) is 53.9 Å². The second-order valence-electron chi connectivity index (χ2n) is 6.78. The predicted octanol–water partition coefficient (Wildman–Crippen LogP) is 3.61. The van der Waals surface area contributed by atoms with Crippen LogP contribution < -0.4 is 0 Å². The average Bonchev–Trinajstić information content (AvgIpc) is 3.19. The molecule has 1 N–H and O–H groups in total. The van der Waals surface area contributed by atoms with Gasteiger partial charge in [-0.3, -0.25) is 9.69 Å². The summed E-state index contributed by atoms with van der Waals surface area (Å²) in [5.41, 5.74) is 2.30. The molecule has 1 fully saturated rings. The molecule has 0 atom stereocenters. The van der Waals surface area contributed by atoms with E-state index in [1.165, 1.54) is 23.5 Å². The highest BCUT2D eigenvalue weighted by atomic mass is 32.1. The Kier molecular flexibility index (Phi) is 5.36. The van der Waals surface area contributed by atoms with E-state index >= 15 is 0 Å². The fourth-order valence-electron chi connectivity index (χ4n) is 3.28. The summed E-state index contributed by atoms with van der Waals surface area (Å²) in [6.45, 7) is 3.58. The van der Waals surface area contributed by atoms with Gasteiger partial charge in [0.1, 0.15) is 22.3 Å². The minimum Gasteiger partial charge on any atom is -0.508 e. The standard InChI is InChI=1S/C21H20FN3O2S/c22-17-6-4-16(5-7-17)20-23-19(14-28-20)21(27)25-10-8-24(9-11-25)13-15-2-1-3-18(26)12-15/h1-7,12,14,26H,8-11,13H2. The van der Waals surface area contributed by atoms with Crippen molar-refractivity contribution in [1.82, 2.24) is 14.8 Å². The molecule has 5 nitrogen and oxygen atoms in total. The second kappa shape index (κ2) is 8.08. The molecular formula is C21H20FN3O2S. The minimum atomic E-state index is -0.291. The third-order valence-electron chi connectivity index (χ3n) is 4.79. The van der Waals surface area contributed by atoms with Crippen molar-refractivity contribution < 1.29 is 14.3 Å². The van der Waals surface area contributed by atoms with Crippen LogP contribution in [0.3, 0.4) is 0 Å². The number of phenolic OH excluding ortho intramolecular Hbond substituents is 1. The van der Waals surface area contributed by atoms with Crippen molar-refractivity contribution in [3.05, 3.63) is 71.0 Å². The Morgan fingerprint density at radius 3 is 2.57 bits per heavy atom. The highest BCUT2D eigenvalue weighted by Crippen LogP contribution is 2.25. The van der Waals surface area contributed by atoms with E-state index in [-0.39, 0.29) is 17.5 Å². The molecule has 4 rings (SSSR count). The van der Waals surface area contributed by atoms with Crippen LogP contribution in [0.1, 0.15) is 16.1 Å². The SMILES string of the molecule is O=C(c1csc(-c2ccc(F)cc2)n1)N1CCN(Cc2cccc(O)c2)CC1. The fraction of sp³-hybridized carbons (Fsp3) is 0.238. The number of hydrogen-bond acceptors (Lipinski definition) is 5. The van der Waals surface area contributed by atoms with Gasteiger partial charge in [0.25, 0.3) is 5.91 Å². The molecule has 28 heavy (non-hydrogen) atoms. The fourth-order valence-corrected chi connectivity index (χ4v) is 4.08. The molecule has 0 spiro atoms. The third-order valence-corrected chi connectivity index (χ3v) is 5.68. The van der Waals surface area contributed by atoms with Crippen LogP contribution in [0.5, 0.6) is 5.75 Å². The number of hydrogen-bond donors (Lipinski definition) is 1. The molecule has 1 saturated heterocycles. The smallest absolute Gasteiger partial charge is 0.273 e. The van der Waals surface area contributed by atoms with Gasteiger partial charge < -0.3 is 10.0 Å². The number of thiazole rings is 1. The van der Waals surface area contributed by atoms with Crippen molar-refractivity contribution in [2.24, 2.45) is 0 Å². The van der Waals surface area contributed by atoms with E-state index in [1.54, 1.807) is 29.6 Å². The maximum absolute atomic E-state index is 13.1. The lowest BCUT2D eigenvalue weighted by atomic mass is 10.2. The number of aromatic nitrogens is 1. The molecule has 7 heteroatoms. The third kappa shape index (κ3) is 4.21. The number of piperazine rings is 1. The van der Waals surface area contributed by atoms with Gasteiger partial charge in [-0.15, -0.1) is 11.3 Å². The van der Waals surface area contributed by atoms with Crippen LogP contribution in [0, 0.1) is 5.82 Å². The van der Waals surface area contributed by atoms with Crippen molar-refractivity contribution in [3.8, 4) is 16.3 Å². The molecule has 0 unspecified atom stereocenters. The second-order valence-corrected chi connectivity index (χ2v) is 7.64. The molecule has 1 aromatic heterocycles. The summed E-state index contributed by atoms with van der Waals surface area (Å²) < 4.78 is 13.1. The Bertz CT molecular complexity index is 966. The van der Waals surface area contributed by atoms with E-state index in [4.69, 9.17) is 0 Å². The quantitative estimate of drug-likeness (QED) is 0.731. The van der Waals surface area contributed by atoms with Crippen molar-refractivity contribution in [2.45, 2.75) is 6.54 Å². The molecule has 0 bridgehead atoms. The van der Waals surface area contributed by atoms with Gasteiger partial charge in [-0.05, 0) is 42.0 Å². The van der Waals surface area contributed by atoms with Crippen molar-refractivity contribution in [3.63, 3.8) is 0 Å². The first-order chi connectivity index (χ1) is 13.6. The van der Waals surface area contributed by atoms with E-state index in [9.17, 15) is 14.3 Å². The predicted molar refractivity (Wildman–Crippen MR) is 107 cm³/mol. The monoisotopic (exact) mass is 397 g/mol. The largest absolute Gasteiger partial charge is 0.508 e. The van der Waals surface area contributed by atoms with Crippen molar-refractivity contribution in [2.75, 3.05) is 26.2 Å². The molecule has 0 saturated carbocycles. The minimum absolute atomic E-state index is 0.0679. The molecule has 2 heterocycles. The first-order valence-corrected chi connectivity index (χ1v) is 9.97. The molecule has 3 aromatic rings. The summed E-state index contributed by atoms with van der Waals surface area (Å²) in [6, 6.07) is 13.4. The van der Waals surface area contributed by atoms with Gasteiger partial charge in [0.15, 0.2) is 0 Å². The number of benzene rings is 2. The number of amides is 1. The summed E-state index contributed by atoms with van der Waals surface area (Å²) in [4.78, 5) is 21.3. The first-order valence-electron chi connectivity index (χ1n) is 9.09. The zero-order valence-corrected chi connectivity index (χ0v) is 16.0. The van der Waals surface area contributed by atoms with Gasteiger partial charge in [-0.1, -0.05) is 12.1 Å². The highest BCUT2D eigenvalue weighted by Gasteiger charge is 2.24. The molecule has 0 radical (unpaired) electrons. The topological polar surface area (TPSA) is 56.7 Å². The van der Waals surface area contributed by atoms with Gasteiger partial charge in [0.2, 0.25) is 0 Å². The molecule has 1 amide bonds. The van der Waals surface area contributed by atoms with Gasteiger partial charge in [-0.2, -0.15) is 0 Å². The lowest BCUT2D eigenvalue weighted by Crippen LogP contribution is -2.48. The maximum Gasteiger partial charge on any atom is 0.273 e. The number of rotatable bonds is 4. The van der Waals surface area contributed by atoms with Gasteiger partial charge >= 0.3 is 0 Å². The number of halogens is 1. The molecular weight excluding hydrogens is 377 g/mol. The van der Waals surface area contributed by atoms with Gasteiger partial charge in [-0.25, -0.2) is 9.37 Å². The number of aromatic hydroxyl groups is 1. The number of carbonyl (C=O) groups is 1. The summed E-state index contributed by atoms with van der Waals surface area (Å²) in [5.74, 6) is -0.0892. The van der Waals surface area contributed by atoms with Crippen LogP contribution in [-0.2, 0) is 6.54 Å². The molecule has 2 aromatic carbocycles. The van der Waals surface area contributed by atoms with E-state index in [0.717, 1.165) is 30.8 Å². The van der Waals surface area contributed by atoms with E-state index in [0.29, 0.717) is 23.8 Å². The normalized spacial score (nSPS) is 15.0. The van der Waals surface area contributed by atoms with Crippen LogP contribution in [0.4, 0.5) is 4.39 Å². The zero-order valence-electron chi connectivity index (χ0n) is 15.2. The average molecular weight is 397 g/mol. The lowest BCUT2D eigenvalue weighted by molar-refractivity contribution is 0.0623. The summed E-state index contributed by atoms with van der Waals surface area (Å²) in [6.07, 6.45) is 0.